The molecule has 0 aromatic heterocycles. The van der Waals surface area contributed by atoms with Crippen LogP contribution in [-0.4, -0.2) is 18.5 Å². The van der Waals surface area contributed by atoms with Crippen LogP contribution in [0.5, 0.6) is 0 Å². The van der Waals surface area contributed by atoms with Crippen molar-refractivity contribution in [2.75, 3.05) is 18.9 Å². The van der Waals surface area contributed by atoms with Gasteiger partial charge in [0.2, 0.25) is 10.9 Å². The molecule has 1 aliphatic heterocycles. The highest BCUT2D eigenvalue weighted by Gasteiger charge is 2.30. The number of rotatable bonds is 5. The number of halogens is 2. The van der Waals surface area contributed by atoms with E-state index >= 15 is 0 Å². The van der Waals surface area contributed by atoms with Crippen molar-refractivity contribution in [1.29, 1.82) is 0 Å². The van der Waals surface area contributed by atoms with E-state index < -0.39 is 5.43 Å². The fourth-order valence-corrected chi connectivity index (χ4v) is 4.81. The number of unbranched alkanes of at least 4 members (excludes halogenated alkanes) is 1. The van der Waals surface area contributed by atoms with Gasteiger partial charge in [0.1, 0.15) is 0 Å². The van der Waals surface area contributed by atoms with E-state index in [1.54, 1.807) is 6.07 Å². The molecule has 3 aromatic carbocycles. The Morgan fingerprint density at radius 3 is 2.11 bits per heavy atom. The first kappa shape index (κ1) is 32.9. The first-order chi connectivity index (χ1) is 17.7. The summed E-state index contributed by atoms with van der Waals surface area (Å²) < 4.78 is 0. The maximum Gasteiger partial charge on any atom is 0.249 e. The summed E-state index contributed by atoms with van der Waals surface area (Å²) in [6.07, 6.45) is 2.64. The SMILES string of the molecule is CC.CC.CC(C)c1c(Nc2ccccc2C2CN(C)Cc3c(Cl)cc(Cl)cc32)c(=O)c1=O.CCCC. The van der Waals surface area contributed by atoms with Gasteiger partial charge < -0.3 is 10.2 Å². The van der Waals surface area contributed by atoms with Gasteiger partial charge in [0, 0.05) is 40.3 Å². The van der Waals surface area contributed by atoms with E-state index in [1.807, 2.05) is 71.9 Å². The molecule has 0 spiro atoms. The lowest BCUT2D eigenvalue weighted by atomic mass is 9.83. The lowest BCUT2D eigenvalue weighted by Crippen LogP contribution is -2.38. The Labute approximate surface area is 233 Å². The molecular formula is C31H44Cl2N2O2. The first-order valence-corrected chi connectivity index (χ1v) is 14.3. The average molecular weight is 548 g/mol. The fraction of sp³-hybridized carbons (Fsp3) is 0.484. The second-order valence-electron chi connectivity index (χ2n) is 9.02. The molecule has 4 rings (SSSR count). The summed E-state index contributed by atoms with van der Waals surface area (Å²) in [5.74, 6) is 0.0339. The maximum absolute atomic E-state index is 12.2. The van der Waals surface area contributed by atoms with Crippen LogP contribution in [0, 0.1) is 0 Å². The number of nitrogens with zero attached hydrogens (tertiary/aromatic N) is 1. The third-order valence-corrected chi connectivity index (χ3v) is 6.67. The van der Waals surface area contributed by atoms with Gasteiger partial charge in [-0.2, -0.15) is 0 Å². The van der Waals surface area contributed by atoms with Gasteiger partial charge in [-0.25, -0.2) is 0 Å². The fourth-order valence-electron chi connectivity index (χ4n) is 4.25. The van der Waals surface area contributed by atoms with E-state index in [0.29, 0.717) is 21.3 Å². The highest BCUT2D eigenvalue weighted by Crippen LogP contribution is 2.41. The second-order valence-corrected chi connectivity index (χ2v) is 9.86. The molecule has 0 radical (unpaired) electrons. The summed E-state index contributed by atoms with van der Waals surface area (Å²) in [7, 11) is 2.06. The number of nitrogens with one attached hydrogen (secondary N) is 1. The number of likely N-dealkylation sites (N-methyl/N-ethyl adjacent to an activating group) is 1. The monoisotopic (exact) mass is 546 g/mol. The molecule has 0 amide bonds. The third-order valence-electron chi connectivity index (χ3n) is 6.11. The molecule has 0 saturated heterocycles. The lowest BCUT2D eigenvalue weighted by Gasteiger charge is -2.34. The summed E-state index contributed by atoms with van der Waals surface area (Å²) in [5, 5.41) is 4.53. The van der Waals surface area contributed by atoms with Crippen LogP contribution in [0.3, 0.4) is 0 Å². The van der Waals surface area contributed by atoms with Crippen LogP contribution >= 0.6 is 23.2 Å². The number of hydrogen-bond donors (Lipinski definition) is 1. The van der Waals surface area contributed by atoms with Gasteiger partial charge in [0.15, 0.2) is 0 Å². The molecule has 4 nitrogen and oxygen atoms in total. The van der Waals surface area contributed by atoms with Crippen molar-refractivity contribution >= 4 is 34.6 Å². The second kappa shape index (κ2) is 16.0. The number of fused-ring (bicyclic) bond motifs is 1. The van der Waals surface area contributed by atoms with Gasteiger partial charge in [-0.05, 0) is 47.9 Å². The van der Waals surface area contributed by atoms with Crippen LogP contribution < -0.4 is 16.2 Å². The largest absolute Gasteiger partial charge is 0.352 e. The molecule has 3 aromatic rings. The van der Waals surface area contributed by atoms with Crippen molar-refractivity contribution < 1.29 is 0 Å². The Morgan fingerprint density at radius 2 is 1.54 bits per heavy atom. The molecular weight excluding hydrogens is 503 g/mol. The van der Waals surface area contributed by atoms with Crippen molar-refractivity contribution in [2.24, 2.45) is 0 Å². The molecule has 1 unspecified atom stereocenters. The van der Waals surface area contributed by atoms with E-state index in [0.717, 1.165) is 35.5 Å². The summed E-state index contributed by atoms with van der Waals surface area (Å²) in [5.41, 5.74) is 4.18. The van der Waals surface area contributed by atoms with Crippen LogP contribution in [0.1, 0.15) is 102 Å². The average Bonchev–Trinajstić information content (AvgIpc) is 2.90. The summed E-state index contributed by atoms with van der Waals surface area (Å²) >= 11 is 12.8. The Hall–Kier alpha value is -2.14. The van der Waals surface area contributed by atoms with E-state index in [1.165, 1.54) is 12.8 Å². The van der Waals surface area contributed by atoms with E-state index in [9.17, 15) is 9.59 Å². The molecule has 6 heteroatoms. The minimum Gasteiger partial charge on any atom is -0.352 e. The van der Waals surface area contributed by atoms with E-state index in [-0.39, 0.29) is 17.3 Å². The van der Waals surface area contributed by atoms with Crippen LogP contribution in [0.2, 0.25) is 10.0 Å². The normalized spacial score (nSPS) is 14.4. The summed E-state index contributed by atoms with van der Waals surface area (Å²) in [6.45, 7) is 17.8. The smallest absolute Gasteiger partial charge is 0.249 e. The molecule has 0 fully saturated rings. The Balaban J connectivity index is 0.000000767. The Kier molecular flexibility index (Phi) is 14.2. The zero-order chi connectivity index (χ0) is 28.3. The minimum absolute atomic E-state index is 0.00554. The van der Waals surface area contributed by atoms with Gasteiger partial charge in [-0.15, -0.1) is 0 Å². The number of benzene rings is 2. The topological polar surface area (TPSA) is 49.4 Å². The third kappa shape index (κ3) is 7.92. The van der Waals surface area contributed by atoms with Gasteiger partial charge in [-0.1, -0.05) is 110 Å². The lowest BCUT2D eigenvalue weighted by molar-refractivity contribution is 0.295. The van der Waals surface area contributed by atoms with Gasteiger partial charge in [0.25, 0.3) is 0 Å². The predicted molar refractivity (Wildman–Crippen MR) is 163 cm³/mol. The molecule has 0 bridgehead atoms. The Morgan fingerprint density at radius 1 is 0.946 bits per heavy atom. The van der Waals surface area contributed by atoms with Crippen molar-refractivity contribution in [1.82, 2.24) is 4.90 Å². The molecule has 1 heterocycles. The van der Waals surface area contributed by atoms with Crippen molar-refractivity contribution in [3.8, 4) is 0 Å². The van der Waals surface area contributed by atoms with Crippen LogP contribution in [0.15, 0.2) is 46.0 Å². The van der Waals surface area contributed by atoms with Crippen LogP contribution in [0.25, 0.3) is 0 Å². The minimum atomic E-state index is -0.448. The zero-order valence-electron chi connectivity index (χ0n) is 24.0. The summed E-state index contributed by atoms with van der Waals surface area (Å²) in [6, 6.07) is 11.6. The summed E-state index contributed by atoms with van der Waals surface area (Å²) in [4.78, 5) is 26.4. The molecule has 0 saturated carbocycles. The van der Waals surface area contributed by atoms with Gasteiger partial charge in [0.05, 0.1) is 5.69 Å². The molecule has 1 aliphatic rings. The molecule has 1 atom stereocenters. The number of anilines is 2. The molecule has 0 aliphatic carbocycles. The van der Waals surface area contributed by atoms with Crippen LogP contribution in [0.4, 0.5) is 11.4 Å². The zero-order valence-corrected chi connectivity index (χ0v) is 25.5. The van der Waals surface area contributed by atoms with Crippen molar-refractivity contribution in [3.63, 3.8) is 0 Å². The van der Waals surface area contributed by atoms with Gasteiger partial charge in [-0.3, -0.25) is 9.59 Å². The highest BCUT2D eigenvalue weighted by atomic mass is 35.5. The van der Waals surface area contributed by atoms with Crippen molar-refractivity contribution in [2.45, 2.75) is 86.6 Å². The quantitative estimate of drug-likeness (QED) is 0.324. The maximum atomic E-state index is 12.2. The van der Waals surface area contributed by atoms with Gasteiger partial charge >= 0.3 is 0 Å². The van der Waals surface area contributed by atoms with Crippen LogP contribution in [-0.2, 0) is 6.54 Å². The highest BCUT2D eigenvalue weighted by molar-refractivity contribution is 6.35. The van der Waals surface area contributed by atoms with E-state index in [2.05, 4.69) is 31.1 Å². The standard InChI is InChI=1S/C23H22Cl2N2O2.C4H10.2C2H6/c1-12(2)20-21(23(29)22(20)28)26-19-7-5-4-6-14(19)16-10-27(3)11-17-15(16)8-13(24)9-18(17)25;1-3-4-2;2*1-2/h4-9,12,16,26H,10-11H2,1-3H3;3-4H2,1-2H3;2*1-2H3. The molecule has 37 heavy (non-hydrogen) atoms. The molecule has 1 N–H and O–H groups in total. The number of para-hydroxylation sites is 1. The van der Waals surface area contributed by atoms with E-state index in [4.69, 9.17) is 23.2 Å². The molecule has 204 valence electrons. The first-order valence-electron chi connectivity index (χ1n) is 13.5. The predicted octanol–water partition coefficient (Wildman–Crippen LogP) is 8.89. The Bertz CT molecular complexity index is 1190. The van der Waals surface area contributed by atoms with Crippen molar-refractivity contribution in [3.05, 3.63) is 89.1 Å². The number of hydrogen-bond acceptors (Lipinski definition) is 4.